The van der Waals surface area contributed by atoms with Gasteiger partial charge in [-0.25, -0.2) is 9.97 Å². The SMILES string of the molecule is Cc1nc(-c2ccccc2)cc(N2CCN(C(=O)/C=C/c3cccc([N+](=O)[O-])c3)CC2)n1. The van der Waals surface area contributed by atoms with E-state index in [0.717, 1.165) is 17.1 Å². The predicted octanol–water partition coefficient (Wildman–Crippen LogP) is 3.72. The van der Waals surface area contributed by atoms with Crippen LogP contribution in [0.2, 0.25) is 0 Å². The summed E-state index contributed by atoms with van der Waals surface area (Å²) in [5.41, 5.74) is 2.55. The van der Waals surface area contributed by atoms with Crippen LogP contribution in [0.25, 0.3) is 17.3 Å². The average molecular weight is 429 g/mol. The lowest BCUT2D eigenvalue weighted by molar-refractivity contribution is -0.384. The highest BCUT2D eigenvalue weighted by Gasteiger charge is 2.21. The van der Waals surface area contributed by atoms with Gasteiger partial charge in [-0.15, -0.1) is 0 Å². The molecule has 1 fully saturated rings. The number of benzene rings is 2. The normalized spacial score (nSPS) is 14.0. The largest absolute Gasteiger partial charge is 0.353 e. The molecule has 0 spiro atoms. The number of nitro groups is 1. The van der Waals surface area contributed by atoms with E-state index in [-0.39, 0.29) is 11.6 Å². The van der Waals surface area contributed by atoms with Crippen molar-refractivity contribution in [3.63, 3.8) is 0 Å². The van der Waals surface area contributed by atoms with Gasteiger partial charge in [0, 0.05) is 56.0 Å². The van der Waals surface area contributed by atoms with E-state index in [9.17, 15) is 14.9 Å². The summed E-state index contributed by atoms with van der Waals surface area (Å²) in [5.74, 6) is 1.45. The summed E-state index contributed by atoms with van der Waals surface area (Å²) in [6, 6.07) is 18.2. The zero-order valence-corrected chi connectivity index (χ0v) is 17.7. The maximum Gasteiger partial charge on any atom is 0.270 e. The number of aromatic nitrogens is 2. The molecule has 1 aliphatic heterocycles. The van der Waals surface area contributed by atoms with Crippen LogP contribution in [0.3, 0.4) is 0 Å². The number of nitrogens with zero attached hydrogens (tertiary/aromatic N) is 5. The van der Waals surface area contributed by atoms with Gasteiger partial charge >= 0.3 is 0 Å². The second-order valence-electron chi connectivity index (χ2n) is 7.52. The van der Waals surface area contributed by atoms with Crippen molar-refractivity contribution >= 4 is 23.5 Å². The predicted molar refractivity (Wildman–Crippen MR) is 123 cm³/mol. The first-order valence-corrected chi connectivity index (χ1v) is 10.4. The van der Waals surface area contributed by atoms with Crippen molar-refractivity contribution in [1.29, 1.82) is 0 Å². The Morgan fingerprint density at radius 3 is 2.47 bits per heavy atom. The molecule has 0 N–H and O–H groups in total. The standard InChI is InChI=1S/C24H23N5O3/c1-18-25-22(20-7-3-2-4-8-20)17-23(26-18)27-12-14-28(15-13-27)24(30)11-10-19-6-5-9-21(16-19)29(31)32/h2-11,16-17H,12-15H2,1H3/b11-10+. The lowest BCUT2D eigenvalue weighted by Gasteiger charge is -2.35. The molecule has 3 aromatic rings. The smallest absolute Gasteiger partial charge is 0.270 e. The van der Waals surface area contributed by atoms with Crippen LogP contribution in [-0.4, -0.2) is 51.9 Å². The Hall–Kier alpha value is -4.07. The fourth-order valence-electron chi connectivity index (χ4n) is 3.64. The molecule has 0 aliphatic carbocycles. The third-order valence-electron chi connectivity index (χ3n) is 5.31. The van der Waals surface area contributed by atoms with Gasteiger partial charge in [-0.3, -0.25) is 14.9 Å². The van der Waals surface area contributed by atoms with Gasteiger partial charge in [-0.1, -0.05) is 42.5 Å². The Bertz CT molecular complexity index is 1160. The van der Waals surface area contributed by atoms with Crippen molar-refractivity contribution in [2.45, 2.75) is 6.92 Å². The zero-order chi connectivity index (χ0) is 22.5. The van der Waals surface area contributed by atoms with Gasteiger partial charge in [-0.05, 0) is 18.6 Å². The van der Waals surface area contributed by atoms with Crippen molar-refractivity contribution in [3.8, 4) is 11.3 Å². The quantitative estimate of drug-likeness (QED) is 0.349. The lowest BCUT2D eigenvalue weighted by atomic mass is 10.1. The monoisotopic (exact) mass is 429 g/mol. The molecule has 8 heteroatoms. The molecule has 2 heterocycles. The zero-order valence-electron chi connectivity index (χ0n) is 17.7. The first-order valence-electron chi connectivity index (χ1n) is 10.4. The number of carbonyl (C=O) groups excluding carboxylic acids is 1. The average Bonchev–Trinajstić information content (AvgIpc) is 2.83. The third-order valence-corrected chi connectivity index (χ3v) is 5.31. The summed E-state index contributed by atoms with van der Waals surface area (Å²) in [6.07, 6.45) is 3.08. The van der Waals surface area contributed by atoms with Crippen LogP contribution in [0.4, 0.5) is 11.5 Å². The van der Waals surface area contributed by atoms with Gasteiger partial charge in [0.25, 0.3) is 5.69 Å². The number of nitro benzene ring substituents is 1. The molecule has 1 amide bonds. The summed E-state index contributed by atoms with van der Waals surface area (Å²) in [7, 11) is 0. The minimum atomic E-state index is -0.448. The van der Waals surface area contributed by atoms with Gasteiger partial charge in [-0.2, -0.15) is 0 Å². The summed E-state index contributed by atoms with van der Waals surface area (Å²) in [5, 5.41) is 10.9. The first kappa shape index (κ1) is 21.2. The first-order chi connectivity index (χ1) is 15.5. The second-order valence-corrected chi connectivity index (χ2v) is 7.52. The van der Waals surface area contributed by atoms with Gasteiger partial charge < -0.3 is 9.80 Å². The third kappa shape index (κ3) is 4.97. The summed E-state index contributed by atoms with van der Waals surface area (Å²) in [6.45, 7) is 4.36. The van der Waals surface area contributed by atoms with Crippen LogP contribution in [0.1, 0.15) is 11.4 Å². The fraction of sp³-hybridized carbons (Fsp3) is 0.208. The Morgan fingerprint density at radius 1 is 1.00 bits per heavy atom. The molecule has 0 saturated carbocycles. The Kier molecular flexibility index (Phi) is 6.21. The van der Waals surface area contributed by atoms with Gasteiger partial charge in [0.2, 0.25) is 5.91 Å². The molecule has 0 atom stereocenters. The number of hydrogen-bond donors (Lipinski definition) is 0. The van der Waals surface area contributed by atoms with E-state index in [1.165, 1.54) is 18.2 Å². The molecule has 4 rings (SSSR count). The van der Waals surface area contributed by atoms with Crippen LogP contribution >= 0.6 is 0 Å². The number of hydrogen-bond acceptors (Lipinski definition) is 6. The van der Waals surface area contributed by atoms with Gasteiger partial charge in [0.15, 0.2) is 0 Å². The molecule has 1 aliphatic rings. The van der Waals surface area contributed by atoms with Crippen molar-refractivity contribution in [3.05, 3.63) is 88.2 Å². The van der Waals surface area contributed by atoms with Crippen molar-refractivity contribution < 1.29 is 9.72 Å². The van der Waals surface area contributed by atoms with Crippen molar-refractivity contribution in [1.82, 2.24) is 14.9 Å². The molecule has 0 radical (unpaired) electrons. The molecule has 2 aromatic carbocycles. The highest BCUT2D eigenvalue weighted by atomic mass is 16.6. The van der Waals surface area contributed by atoms with Crippen molar-refractivity contribution in [2.75, 3.05) is 31.1 Å². The molecule has 32 heavy (non-hydrogen) atoms. The van der Waals surface area contributed by atoms with Gasteiger partial charge in [0.05, 0.1) is 10.6 Å². The summed E-state index contributed by atoms with van der Waals surface area (Å²) < 4.78 is 0. The van der Waals surface area contributed by atoms with Gasteiger partial charge in [0.1, 0.15) is 11.6 Å². The Labute approximate surface area is 186 Å². The molecular formula is C24H23N5O3. The van der Waals surface area contributed by atoms with Crippen LogP contribution in [0.15, 0.2) is 66.7 Å². The maximum absolute atomic E-state index is 12.6. The van der Waals surface area contributed by atoms with E-state index in [0.29, 0.717) is 37.6 Å². The van der Waals surface area contributed by atoms with Crippen LogP contribution < -0.4 is 4.90 Å². The minimum Gasteiger partial charge on any atom is -0.353 e. The van der Waals surface area contributed by atoms with Crippen LogP contribution in [0.5, 0.6) is 0 Å². The number of anilines is 1. The van der Waals surface area contributed by atoms with E-state index in [4.69, 9.17) is 0 Å². The number of piperazine rings is 1. The minimum absolute atomic E-state index is 0.00299. The summed E-state index contributed by atoms with van der Waals surface area (Å²) >= 11 is 0. The molecule has 1 saturated heterocycles. The molecule has 0 unspecified atom stereocenters. The lowest BCUT2D eigenvalue weighted by Crippen LogP contribution is -2.48. The molecule has 0 bridgehead atoms. The number of non-ortho nitro benzene ring substituents is 1. The van der Waals surface area contributed by atoms with Crippen molar-refractivity contribution in [2.24, 2.45) is 0 Å². The number of aryl methyl sites for hydroxylation is 1. The fourth-order valence-corrected chi connectivity index (χ4v) is 3.64. The summed E-state index contributed by atoms with van der Waals surface area (Å²) in [4.78, 5) is 36.1. The number of amides is 1. The topological polar surface area (TPSA) is 92.5 Å². The highest BCUT2D eigenvalue weighted by Crippen LogP contribution is 2.23. The van der Waals surface area contributed by atoms with Crippen LogP contribution in [0, 0.1) is 17.0 Å². The van der Waals surface area contributed by atoms with E-state index in [2.05, 4.69) is 14.9 Å². The van der Waals surface area contributed by atoms with Crippen LogP contribution in [-0.2, 0) is 4.79 Å². The van der Waals surface area contributed by atoms with E-state index in [1.54, 1.807) is 23.1 Å². The molecule has 1 aromatic heterocycles. The highest BCUT2D eigenvalue weighted by molar-refractivity contribution is 5.92. The number of rotatable bonds is 5. The molecule has 8 nitrogen and oxygen atoms in total. The van der Waals surface area contributed by atoms with E-state index >= 15 is 0 Å². The second kappa shape index (κ2) is 9.38. The Balaban J connectivity index is 1.40. The van der Waals surface area contributed by atoms with E-state index in [1.807, 2.05) is 43.3 Å². The Morgan fingerprint density at radius 2 is 1.75 bits per heavy atom. The maximum atomic E-state index is 12.6. The molecule has 162 valence electrons. The van der Waals surface area contributed by atoms with E-state index < -0.39 is 4.92 Å². The number of carbonyl (C=O) groups is 1. The molecular weight excluding hydrogens is 406 g/mol.